The van der Waals surface area contributed by atoms with Crippen LogP contribution in [-0.2, 0) is 13.6 Å². The van der Waals surface area contributed by atoms with Crippen molar-refractivity contribution in [1.82, 2.24) is 19.4 Å². The van der Waals surface area contributed by atoms with Gasteiger partial charge in [-0.15, -0.1) is 11.3 Å². The lowest BCUT2D eigenvalue weighted by Crippen LogP contribution is -2.46. The highest BCUT2D eigenvalue weighted by molar-refractivity contribution is 7.09. The van der Waals surface area contributed by atoms with Crippen LogP contribution in [0.15, 0.2) is 34.7 Å². The zero-order valence-electron chi connectivity index (χ0n) is 16.9. The van der Waals surface area contributed by atoms with Crippen molar-refractivity contribution in [2.45, 2.75) is 38.1 Å². The number of nitrogens with zero attached hydrogens (tertiary/aromatic N) is 5. The van der Waals surface area contributed by atoms with Crippen molar-refractivity contribution in [1.29, 1.82) is 0 Å². The van der Waals surface area contributed by atoms with E-state index < -0.39 is 0 Å². The highest BCUT2D eigenvalue weighted by atomic mass is 32.1. The summed E-state index contributed by atoms with van der Waals surface area (Å²) in [6, 6.07) is 6.00. The maximum absolute atomic E-state index is 12.2. The van der Waals surface area contributed by atoms with Crippen molar-refractivity contribution in [3.8, 4) is 0 Å². The lowest BCUT2D eigenvalue weighted by atomic mass is 10.1. The molecule has 152 valence electrons. The molecule has 0 unspecified atom stereocenters. The van der Waals surface area contributed by atoms with Crippen molar-refractivity contribution < 1.29 is 0 Å². The molecule has 3 heterocycles. The minimum absolute atomic E-state index is 0.00612. The average molecular weight is 410 g/mol. The molecule has 0 bridgehead atoms. The van der Waals surface area contributed by atoms with Crippen LogP contribution in [0.5, 0.6) is 0 Å². The fraction of sp³-hybridized carbons (Fsp3) is 0.500. The summed E-state index contributed by atoms with van der Waals surface area (Å²) in [7, 11) is 1.74. The largest absolute Gasteiger partial charge is 0.369 e. The van der Waals surface area contributed by atoms with Crippen LogP contribution in [-0.4, -0.2) is 45.6 Å². The van der Waals surface area contributed by atoms with Crippen LogP contribution in [0.25, 0.3) is 10.9 Å². The van der Waals surface area contributed by atoms with Crippen LogP contribution in [0, 0.1) is 0 Å². The summed E-state index contributed by atoms with van der Waals surface area (Å²) in [5.74, 6) is 0.712. The molecule has 0 radical (unpaired) electrons. The minimum atomic E-state index is 0.00612. The molecule has 2 fully saturated rings. The smallest absolute Gasteiger partial charge is 0.260 e. The van der Waals surface area contributed by atoms with E-state index in [2.05, 4.69) is 26.2 Å². The maximum atomic E-state index is 12.2. The number of thiazole rings is 1. The van der Waals surface area contributed by atoms with E-state index in [0.717, 1.165) is 43.9 Å². The lowest BCUT2D eigenvalue weighted by molar-refractivity contribution is 0.247. The minimum Gasteiger partial charge on any atom is -0.369 e. The first-order valence-electron chi connectivity index (χ1n) is 10.5. The Hall–Kier alpha value is -2.25. The van der Waals surface area contributed by atoms with Crippen LogP contribution in [0.4, 0.5) is 5.69 Å². The summed E-state index contributed by atoms with van der Waals surface area (Å²) in [4.78, 5) is 26.5. The van der Waals surface area contributed by atoms with E-state index in [1.807, 2.05) is 23.5 Å². The molecule has 1 saturated heterocycles. The Labute approximate surface area is 174 Å². The van der Waals surface area contributed by atoms with Gasteiger partial charge in [0.25, 0.3) is 5.56 Å². The molecule has 3 aromatic rings. The van der Waals surface area contributed by atoms with Crippen molar-refractivity contribution >= 4 is 27.9 Å². The first-order chi connectivity index (χ1) is 14.2. The van der Waals surface area contributed by atoms with Gasteiger partial charge in [0.15, 0.2) is 0 Å². The molecule has 1 saturated carbocycles. The Kier molecular flexibility index (Phi) is 5.09. The second-order valence-corrected chi connectivity index (χ2v) is 9.17. The van der Waals surface area contributed by atoms with Crippen LogP contribution in [0.2, 0.25) is 0 Å². The maximum Gasteiger partial charge on any atom is 0.260 e. The molecule has 7 heteroatoms. The van der Waals surface area contributed by atoms with Gasteiger partial charge >= 0.3 is 0 Å². The van der Waals surface area contributed by atoms with E-state index in [0.29, 0.717) is 11.3 Å². The number of rotatable bonds is 4. The van der Waals surface area contributed by atoms with Crippen LogP contribution in [0.1, 0.15) is 42.3 Å². The number of aromatic nitrogens is 3. The molecule has 5 rings (SSSR count). The second-order valence-electron chi connectivity index (χ2n) is 8.28. The quantitative estimate of drug-likeness (QED) is 0.661. The van der Waals surface area contributed by atoms with Crippen molar-refractivity contribution in [3.05, 3.63) is 51.0 Å². The van der Waals surface area contributed by atoms with Crippen LogP contribution < -0.4 is 10.5 Å². The number of aryl methyl sites for hydroxylation is 1. The first-order valence-corrected chi connectivity index (χ1v) is 11.4. The van der Waals surface area contributed by atoms with Crippen molar-refractivity contribution in [3.63, 3.8) is 0 Å². The summed E-state index contributed by atoms with van der Waals surface area (Å²) in [6.07, 6.45) is 6.96. The Morgan fingerprint density at radius 3 is 2.72 bits per heavy atom. The summed E-state index contributed by atoms with van der Waals surface area (Å²) < 4.78 is 1.53. The second kappa shape index (κ2) is 7.88. The van der Waals surface area contributed by atoms with Gasteiger partial charge in [0.2, 0.25) is 0 Å². The zero-order chi connectivity index (χ0) is 19.8. The molecule has 1 aliphatic heterocycles. The van der Waals surface area contributed by atoms with Crippen molar-refractivity contribution in [2.75, 3.05) is 31.1 Å². The Bertz CT molecular complexity index is 1060. The van der Waals surface area contributed by atoms with Gasteiger partial charge in [0.05, 0.1) is 27.9 Å². The fourth-order valence-corrected chi connectivity index (χ4v) is 5.53. The van der Waals surface area contributed by atoms with Gasteiger partial charge in [-0.2, -0.15) is 0 Å². The van der Waals surface area contributed by atoms with Gasteiger partial charge in [-0.3, -0.25) is 9.69 Å². The molecular weight excluding hydrogens is 382 g/mol. The summed E-state index contributed by atoms with van der Waals surface area (Å²) in [5, 5.41) is 4.29. The summed E-state index contributed by atoms with van der Waals surface area (Å²) in [5.41, 5.74) is 3.16. The predicted octanol–water partition coefficient (Wildman–Crippen LogP) is 3.37. The molecule has 29 heavy (non-hydrogen) atoms. The van der Waals surface area contributed by atoms with Gasteiger partial charge in [-0.05, 0) is 31.0 Å². The Morgan fingerprint density at radius 2 is 1.93 bits per heavy atom. The number of anilines is 1. The highest BCUT2D eigenvalue weighted by Gasteiger charge is 2.22. The fourth-order valence-electron chi connectivity index (χ4n) is 4.54. The lowest BCUT2D eigenvalue weighted by Gasteiger charge is -2.35. The molecule has 1 aromatic carbocycles. The third-order valence-electron chi connectivity index (χ3n) is 6.30. The molecule has 6 nitrogen and oxygen atoms in total. The number of hydrogen-bond donors (Lipinski definition) is 0. The first kappa shape index (κ1) is 18.8. The predicted molar refractivity (Wildman–Crippen MR) is 118 cm³/mol. The molecule has 2 aliphatic rings. The zero-order valence-corrected chi connectivity index (χ0v) is 17.7. The molecule has 0 atom stereocenters. The monoisotopic (exact) mass is 409 g/mol. The van der Waals surface area contributed by atoms with Gasteiger partial charge in [-0.25, -0.2) is 9.97 Å². The molecule has 1 aliphatic carbocycles. The Morgan fingerprint density at radius 1 is 1.14 bits per heavy atom. The average Bonchev–Trinajstić information content (AvgIpc) is 3.43. The van der Waals surface area contributed by atoms with Crippen molar-refractivity contribution in [2.24, 2.45) is 7.05 Å². The van der Waals surface area contributed by atoms with Gasteiger partial charge in [-0.1, -0.05) is 12.8 Å². The van der Waals surface area contributed by atoms with Gasteiger partial charge < -0.3 is 9.47 Å². The van der Waals surface area contributed by atoms with Gasteiger partial charge in [0, 0.05) is 56.8 Å². The SMILES string of the molecule is Cn1cnc2cc(N3CCN(Cc4csc(C5CCCC5)n4)CC3)ccc2c1=O. The normalized spacial score (nSPS) is 18.7. The molecule has 2 aromatic heterocycles. The molecule has 0 spiro atoms. The van der Waals surface area contributed by atoms with Crippen LogP contribution >= 0.6 is 11.3 Å². The number of piperazine rings is 1. The standard InChI is InChI=1S/C22H27N5OS/c1-25-15-23-20-12-18(6-7-19(20)22(25)28)27-10-8-26(9-11-27)13-17-14-29-21(24-17)16-4-2-3-5-16/h6-7,12,14-16H,2-5,8-11,13H2,1H3. The highest BCUT2D eigenvalue weighted by Crippen LogP contribution is 2.35. The number of fused-ring (bicyclic) bond motifs is 1. The van der Waals surface area contributed by atoms with E-state index in [1.165, 1.54) is 41.0 Å². The number of hydrogen-bond acceptors (Lipinski definition) is 6. The van der Waals surface area contributed by atoms with E-state index in [1.54, 1.807) is 13.4 Å². The third-order valence-corrected chi connectivity index (χ3v) is 7.36. The van der Waals surface area contributed by atoms with E-state index in [4.69, 9.17) is 4.98 Å². The Balaban J connectivity index is 1.22. The topological polar surface area (TPSA) is 54.3 Å². The number of benzene rings is 1. The van der Waals surface area contributed by atoms with Crippen LogP contribution in [0.3, 0.4) is 0 Å². The van der Waals surface area contributed by atoms with E-state index >= 15 is 0 Å². The molecule has 0 amide bonds. The molecule has 0 N–H and O–H groups in total. The summed E-state index contributed by atoms with van der Waals surface area (Å²) >= 11 is 1.85. The summed E-state index contributed by atoms with van der Waals surface area (Å²) in [6.45, 7) is 4.97. The van der Waals surface area contributed by atoms with E-state index in [-0.39, 0.29) is 5.56 Å². The van der Waals surface area contributed by atoms with Gasteiger partial charge in [0.1, 0.15) is 0 Å². The molecular formula is C22H27N5OS. The van der Waals surface area contributed by atoms with E-state index in [9.17, 15) is 4.79 Å². The third kappa shape index (κ3) is 3.81.